The summed E-state index contributed by atoms with van der Waals surface area (Å²) in [5.74, 6) is 1.05. The molecule has 1 N–H and O–H groups in total. The van der Waals surface area contributed by atoms with Gasteiger partial charge in [-0.1, -0.05) is 6.07 Å². The van der Waals surface area contributed by atoms with E-state index in [1.807, 2.05) is 17.0 Å². The number of carbonyl (C=O) groups is 1. The van der Waals surface area contributed by atoms with Crippen molar-refractivity contribution >= 4 is 27.1 Å². The average molecular weight is 336 g/mol. The molecule has 0 aromatic heterocycles. The molecule has 6 heteroatoms. The maximum absolute atomic E-state index is 11.7. The molecule has 126 valence electrons. The van der Waals surface area contributed by atoms with Gasteiger partial charge >= 0.3 is 0 Å². The first-order valence-electron chi connectivity index (χ1n) is 8.24. The summed E-state index contributed by atoms with van der Waals surface area (Å²) in [6, 6.07) is 6.24. The molecular weight excluding hydrogens is 312 g/mol. The number of fused-ring (bicyclic) bond motifs is 1. The number of hydrogen-bond donors (Lipinski definition) is 1. The Hall–Kier alpha value is -1.56. The summed E-state index contributed by atoms with van der Waals surface area (Å²) in [6.45, 7) is 4.46. The molecule has 1 aromatic rings. The van der Waals surface area contributed by atoms with Gasteiger partial charge in [-0.15, -0.1) is 0 Å². The molecule has 1 saturated heterocycles. The predicted octanol–water partition coefficient (Wildman–Crippen LogP) is 2.22. The van der Waals surface area contributed by atoms with Gasteiger partial charge in [0.1, 0.15) is 9.84 Å². The van der Waals surface area contributed by atoms with Crippen molar-refractivity contribution in [2.24, 2.45) is 5.92 Å². The minimum absolute atomic E-state index is 0.0754. The van der Waals surface area contributed by atoms with Crippen LogP contribution < -0.4 is 10.2 Å². The van der Waals surface area contributed by atoms with Gasteiger partial charge in [0.15, 0.2) is 0 Å². The highest BCUT2D eigenvalue weighted by molar-refractivity contribution is 7.91. The van der Waals surface area contributed by atoms with Crippen molar-refractivity contribution in [3.05, 3.63) is 23.8 Å². The first-order valence-corrected chi connectivity index (χ1v) is 10.1. The van der Waals surface area contributed by atoms with Crippen LogP contribution in [0, 0.1) is 5.92 Å². The molecule has 2 aliphatic rings. The first-order chi connectivity index (χ1) is 10.9. The normalized spacial score (nSPS) is 21.7. The van der Waals surface area contributed by atoms with Gasteiger partial charge in [-0.2, -0.15) is 0 Å². The summed E-state index contributed by atoms with van der Waals surface area (Å²) in [6.07, 6.45) is 2.32. The average Bonchev–Trinajstić information content (AvgIpc) is 2.92. The van der Waals surface area contributed by atoms with E-state index in [1.165, 1.54) is 5.56 Å². The smallest absolute Gasteiger partial charge is 0.223 e. The predicted molar refractivity (Wildman–Crippen MR) is 92.6 cm³/mol. The van der Waals surface area contributed by atoms with Gasteiger partial charge in [0.05, 0.1) is 11.5 Å². The molecule has 0 radical (unpaired) electrons. The molecule has 1 amide bonds. The largest absolute Gasteiger partial charge is 0.382 e. The fourth-order valence-corrected chi connectivity index (χ4v) is 5.20. The molecule has 2 heterocycles. The molecule has 5 nitrogen and oxygen atoms in total. The maximum Gasteiger partial charge on any atom is 0.223 e. The second-order valence-corrected chi connectivity index (χ2v) is 8.95. The Morgan fingerprint density at radius 3 is 2.65 bits per heavy atom. The highest BCUT2D eigenvalue weighted by atomic mass is 32.2. The molecule has 0 aliphatic carbocycles. The molecule has 0 bridgehead atoms. The molecule has 0 saturated carbocycles. The molecular formula is C17H24N2O3S. The number of rotatable bonds is 3. The lowest BCUT2D eigenvalue weighted by molar-refractivity contribution is -0.116. The van der Waals surface area contributed by atoms with E-state index < -0.39 is 9.84 Å². The van der Waals surface area contributed by atoms with Crippen molar-refractivity contribution in [3.8, 4) is 0 Å². The minimum Gasteiger partial charge on any atom is -0.382 e. The second-order valence-electron chi connectivity index (χ2n) is 6.65. The summed E-state index contributed by atoms with van der Waals surface area (Å²) in [4.78, 5) is 13.5. The number of hydrogen-bond acceptors (Lipinski definition) is 4. The van der Waals surface area contributed by atoms with Gasteiger partial charge in [0.25, 0.3) is 0 Å². The Balaban J connectivity index is 1.73. The third-order valence-corrected chi connectivity index (χ3v) is 6.81. The molecule has 3 rings (SSSR count). The van der Waals surface area contributed by atoms with E-state index in [9.17, 15) is 13.2 Å². The summed E-state index contributed by atoms with van der Waals surface area (Å²) in [7, 11) is -2.82. The van der Waals surface area contributed by atoms with E-state index in [1.54, 1.807) is 6.92 Å². The third kappa shape index (κ3) is 3.37. The monoisotopic (exact) mass is 336 g/mol. The molecule has 0 spiro atoms. The summed E-state index contributed by atoms with van der Waals surface area (Å²) >= 11 is 0. The first kappa shape index (κ1) is 16.3. The fraction of sp³-hybridized carbons (Fsp3) is 0.588. The Morgan fingerprint density at radius 2 is 2.00 bits per heavy atom. The van der Waals surface area contributed by atoms with Crippen molar-refractivity contribution in [3.63, 3.8) is 0 Å². The lowest BCUT2D eigenvalue weighted by Gasteiger charge is -2.29. The van der Waals surface area contributed by atoms with Crippen LogP contribution in [-0.2, 0) is 21.1 Å². The Labute approximate surface area is 138 Å². The Bertz CT molecular complexity index is 701. The molecule has 1 atom stereocenters. The highest BCUT2D eigenvalue weighted by Crippen LogP contribution is 2.35. The summed E-state index contributed by atoms with van der Waals surface area (Å²) in [5.41, 5.74) is 3.27. The Kier molecular flexibility index (Phi) is 4.36. The van der Waals surface area contributed by atoms with Gasteiger partial charge in [0.2, 0.25) is 5.91 Å². The number of sulfone groups is 1. The van der Waals surface area contributed by atoms with Crippen LogP contribution in [0.15, 0.2) is 18.2 Å². The number of amides is 1. The lowest BCUT2D eigenvalue weighted by atomic mass is 9.94. The van der Waals surface area contributed by atoms with Crippen molar-refractivity contribution in [2.45, 2.75) is 39.2 Å². The minimum atomic E-state index is -2.82. The van der Waals surface area contributed by atoms with E-state index >= 15 is 0 Å². The molecule has 23 heavy (non-hydrogen) atoms. The number of carbonyl (C=O) groups excluding carboxylic acids is 1. The highest BCUT2D eigenvalue weighted by Gasteiger charge is 2.29. The topological polar surface area (TPSA) is 66.5 Å². The van der Waals surface area contributed by atoms with Gasteiger partial charge < -0.3 is 10.2 Å². The van der Waals surface area contributed by atoms with Crippen molar-refractivity contribution in [1.29, 1.82) is 0 Å². The van der Waals surface area contributed by atoms with Crippen LogP contribution in [0.25, 0.3) is 0 Å². The Morgan fingerprint density at radius 1 is 1.30 bits per heavy atom. The van der Waals surface area contributed by atoms with Crippen molar-refractivity contribution in [2.75, 3.05) is 28.3 Å². The van der Waals surface area contributed by atoms with Crippen molar-refractivity contribution in [1.82, 2.24) is 0 Å². The van der Waals surface area contributed by atoms with Crippen LogP contribution in [0.3, 0.4) is 0 Å². The van der Waals surface area contributed by atoms with E-state index in [0.29, 0.717) is 17.4 Å². The van der Waals surface area contributed by atoms with E-state index in [0.717, 1.165) is 37.2 Å². The molecule has 1 unspecified atom stereocenters. The van der Waals surface area contributed by atoms with Crippen LogP contribution in [0.5, 0.6) is 0 Å². The van der Waals surface area contributed by atoms with Gasteiger partial charge in [-0.25, -0.2) is 8.42 Å². The zero-order valence-corrected chi connectivity index (χ0v) is 14.5. The summed E-state index contributed by atoms with van der Waals surface area (Å²) in [5, 5.41) is 3.57. The molecule has 1 aromatic carbocycles. The zero-order valence-electron chi connectivity index (χ0n) is 13.7. The zero-order chi connectivity index (χ0) is 16.6. The van der Waals surface area contributed by atoms with Gasteiger partial charge in [-0.05, 0) is 44.2 Å². The van der Waals surface area contributed by atoms with Gasteiger partial charge in [0, 0.05) is 36.4 Å². The van der Waals surface area contributed by atoms with Crippen LogP contribution in [0.1, 0.15) is 32.3 Å². The number of benzene rings is 1. The van der Waals surface area contributed by atoms with Crippen LogP contribution in [0.2, 0.25) is 0 Å². The SMILES string of the molecule is CC(=O)N1CCc2c(NC(C)C3CCS(=O)(=O)CC3)cccc21. The van der Waals surface area contributed by atoms with E-state index in [2.05, 4.69) is 18.3 Å². The number of nitrogens with one attached hydrogen (secondary N) is 1. The standard InChI is InChI=1S/C17H24N2O3S/c1-12(14-7-10-23(21,22)11-8-14)18-16-4-3-5-17-15(16)6-9-19(17)13(2)20/h3-5,12,14,18H,6-11H2,1-2H3. The number of nitrogens with zero attached hydrogens (tertiary/aromatic N) is 1. The van der Waals surface area contributed by atoms with Crippen LogP contribution >= 0.6 is 0 Å². The lowest BCUT2D eigenvalue weighted by Crippen LogP contribution is -2.34. The van der Waals surface area contributed by atoms with Crippen LogP contribution in [-0.4, -0.2) is 38.4 Å². The molecule has 1 fully saturated rings. The second kappa shape index (κ2) is 6.15. The van der Waals surface area contributed by atoms with Crippen molar-refractivity contribution < 1.29 is 13.2 Å². The quantitative estimate of drug-likeness (QED) is 0.919. The fourth-order valence-electron chi connectivity index (χ4n) is 3.67. The van der Waals surface area contributed by atoms with Crippen LogP contribution in [0.4, 0.5) is 11.4 Å². The molecule has 2 aliphatic heterocycles. The number of anilines is 2. The summed E-state index contributed by atoms with van der Waals surface area (Å²) < 4.78 is 23.1. The third-order valence-electron chi connectivity index (χ3n) is 5.10. The van der Waals surface area contributed by atoms with Gasteiger partial charge in [-0.3, -0.25) is 4.79 Å². The van der Waals surface area contributed by atoms with E-state index in [4.69, 9.17) is 0 Å². The van der Waals surface area contributed by atoms with E-state index in [-0.39, 0.29) is 11.9 Å². The maximum atomic E-state index is 11.7.